The van der Waals surface area contributed by atoms with Crippen LogP contribution < -0.4 is 5.56 Å². The number of nitrogens with zero attached hydrogens (tertiary/aromatic N) is 1. The highest BCUT2D eigenvalue weighted by molar-refractivity contribution is 7.99. The number of fused-ring (bicyclic) bond motifs is 1. The van der Waals surface area contributed by atoms with Gasteiger partial charge in [-0.15, -0.1) is 0 Å². The summed E-state index contributed by atoms with van der Waals surface area (Å²) in [6.07, 6.45) is 0. The zero-order valence-corrected chi connectivity index (χ0v) is 14.1. The van der Waals surface area contributed by atoms with Crippen LogP contribution in [0.1, 0.15) is 0 Å². The van der Waals surface area contributed by atoms with Gasteiger partial charge in [-0.1, -0.05) is 60.3 Å². The SMILES string of the molecule is O=c1c(Sc2ccccc2)c(O)c2ccccc2n1-c1ccccc1. The highest BCUT2D eigenvalue weighted by atomic mass is 32.2. The van der Waals surface area contributed by atoms with E-state index in [0.29, 0.717) is 15.8 Å². The first kappa shape index (κ1) is 15.5. The van der Waals surface area contributed by atoms with Crippen molar-refractivity contribution in [2.24, 2.45) is 0 Å². The minimum atomic E-state index is -0.226. The Morgan fingerprint density at radius 3 is 2.08 bits per heavy atom. The molecule has 0 saturated carbocycles. The van der Waals surface area contributed by atoms with E-state index in [1.54, 1.807) is 4.57 Å². The van der Waals surface area contributed by atoms with E-state index in [1.165, 1.54) is 11.8 Å². The summed E-state index contributed by atoms with van der Waals surface area (Å²) in [6.45, 7) is 0. The molecular weight excluding hydrogens is 330 g/mol. The third-order valence-electron chi connectivity index (χ3n) is 3.99. The maximum absolute atomic E-state index is 13.2. The molecule has 0 saturated heterocycles. The predicted octanol–water partition coefficient (Wildman–Crippen LogP) is 4.85. The molecule has 1 heterocycles. The number of aromatic nitrogens is 1. The van der Waals surface area contributed by atoms with Crippen LogP contribution in [0.4, 0.5) is 0 Å². The van der Waals surface area contributed by atoms with Crippen LogP contribution in [0, 0.1) is 0 Å². The second-order valence-corrected chi connectivity index (χ2v) is 6.67. The second-order valence-electron chi connectivity index (χ2n) is 5.59. The third kappa shape index (κ3) is 2.81. The molecule has 1 N–H and O–H groups in total. The van der Waals surface area contributed by atoms with Crippen LogP contribution in [0.5, 0.6) is 5.75 Å². The molecule has 0 amide bonds. The molecule has 0 bridgehead atoms. The second kappa shape index (κ2) is 6.49. The van der Waals surface area contributed by atoms with Crippen molar-refractivity contribution in [2.75, 3.05) is 0 Å². The molecule has 4 heteroatoms. The van der Waals surface area contributed by atoms with Crippen molar-refractivity contribution < 1.29 is 5.11 Å². The van der Waals surface area contributed by atoms with Gasteiger partial charge in [0.15, 0.2) is 0 Å². The smallest absolute Gasteiger partial charge is 0.273 e. The Balaban J connectivity index is 2.03. The van der Waals surface area contributed by atoms with E-state index in [1.807, 2.05) is 84.9 Å². The molecular formula is C21H15NO2S. The minimum absolute atomic E-state index is 0.0293. The maximum atomic E-state index is 13.2. The van der Waals surface area contributed by atoms with Crippen molar-refractivity contribution >= 4 is 22.7 Å². The summed E-state index contributed by atoms with van der Waals surface area (Å²) in [5.41, 5.74) is 1.24. The molecule has 3 aromatic carbocycles. The lowest BCUT2D eigenvalue weighted by Gasteiger charge is -2.14. The van der Waals surface area contributed by atoms with Crippen molar-refractivity contribution in [2.45, 2.75) is 9.79 Å². The fourth-order valence-electron chi connectivity index (χ4n) is 2.84. The van der Waals surface area contributed by atoms with Crippen molar-refractivity contribution in [3.05, 3.63) is 95.3 Å². The Kier molecular flexibility index (Phi) is 4.04. The van der Waals surface area contributed by atoms with Gasteiger partial charge >= 0.3 is 0 Å². The third-order valence-corrected chi connectivity index (χ3v) is 5.07. The molecule has 1 aromatic heterocycles. The van der Waals surface area contributed by atoms with Crippen LogP contribution >= 0.6 is 11.8 Å². The zero-order valence-electron chi connectivity index (χ0n) is 13.3. The van der Waals surface area contributed by atoms with Crippen LogP contribution in [0.2, 0.25) is 0 Å². The number of aromatic hydroxyl groups is 1. The fraction of sp³-hybridized carbons (Fsp3) is 0. The zero-order chi connectivity index (χ0) is 17.2. The number of para-hydroxylation sites is 2. The van der Waals surface area contributed by atoms with Gasteiger partial charge in [-0.25, -0.2) is 0 Å². The van der Waals surface area contributed by atoms with Gasteiger partial charge in [0, 0.05) is 16.0 Å². The average molecular weight is 345 g/mol. The molecule has 0 radical (unpaired) electrons. The Morgan fingerprint density at radius 2 is 1.36 bits per heavy atom. The van der Waals surface area contributed by atoms with E-state index in [0.717, 1.165) is 10.6 Å². The normalized spacial score (nSPS) is 10.9. The summed E-state index contributed by atoms with van der Waals surface area (Å²) in [5.74, 6) is 0.0293. The molecule has 0 aliphatic rings. The maximum Gasteiger partial charge on any atom is 0.273 e. The topological polar surface area (TPSA) is 42.2 Å². The number of pyridine rings is 1. The molecule has 3 nitrogen and oxygen atoms in total. The van der Waals surface area contributed by atoms with E-state index in [-0.39, 0.29) is 11.3 Å². The fourth-order valence-corrected chi connectivity index (χ4v) is 3.75. The van der Waals surface area contributed by atoms with Gasteiger partial charge in [0.05, 0.1) is 5.52 Å². The number of hydrogen-bond acceptors (Lipinski definition) is 3. The molecule has 4 aromatic rings. The van der Waals surface area contributed by atoms with Crippen molar-refractivity contribution in [3.8, 4) is 11.4 Å². The molecule has 4 rings (SSSR count). The first-order chi connectivity index (χ1) is 12.3. The van der Waals surface area contributed by atoms with Gasteiger partial charge in [0.1, 0.15) is 10.6 Å². The van der Waals surface area contributed by atoms with Gasteiger partial charge in [-0.05, 0) is 36.4 Å². The quantitative estimate of drug-likeness (QED) is 0.577. The highest BCUT2D eigenvalue weighted by Gasteiger charge is 2.18. The first-order valence-electron chi connectivity index (χ1n) is 7.91. The van der Waals surface area contributed by atoms with E-state index >= 15 is 0 Å². The van der Waals surface area contributed by atoms with Crippen molar-refractivity contribution in [3.63, 3.8) is 0 Å². The number of rotatable bonds is 3. The highest BCUT2D eigenvalue weighted by Crippen LogP contribution is 2.36. The Morgan fingerprint density at radius 1 is 0.760 bits per heavy atom. The van der Waals surface area contributed by atoms with Gasteiger partial charge in [-0.2, -0.15) is 0 Å². The van der Waals surface area contributed by atoms with Crippen LogP contribution in [-0.2, 0) is 0 Å². The van der Waals surface area contributed by atoms with Gasteiger partial charge in [0.2, 0.25) is 0 Å². The lowest BCUT2D eigenvalue weighted by Crippen LogP contribution is -2.20. The average Bonchev–Trinajstić information content (AvgIpc) is 2.67. The number of benzene rings is 3. The van der Waals surface area contributed by atoms with E-state index in [4.69, 9.17) is 0 Å². The molecule has 0 atom stereocenters. The van der Waals surface area contributed by atoms with Gasteiger partial charge < -0.3 is 5.11 Å². The lowest BCUT2D eigenvalue weighted by molar-refractivity contribution is 0.466. The first-order valence-corrected chi connectivity index (χ1v) is 8.72. The van der Waals surface area contributed by atoms with E-state index in [2.05, 4.69) is 0 Å². The van der Waals surface area contributed by atoms with Gasteiger partial charge in [0.25, 0.3) is 5.56 Å². The standard InChI is InChI=1S/C21H15NO2S/c23-19-17-13-7-8-14-18(17)22(15-9-3-1-4-10-15)21(24)20(19)25-16-11-5-2-6-12-16/h1-14,23H. The van der Waals surface area contributed by atoms with Crippen molar-refractivity contribution in [1.29, 1.82) is 0 Å². The minimum Gasteiger partial charge on any atom is -0.506 e. The Bertz CT molecular complexity index is 1090. The summed E-state index contributed by atoms with van der Waals surface area (Å²) in [5, 5.41) is 11.4. The Hall–Kier alpha value is -2.98. The van der Waals surface area contributed by atoms with E-state index in [9.17, 15) is 9.90 Å². The summed E-state index contributed by atoms with van der Waals surface area (Å²) in [6, 6.07) is 26.5. The monoisotopic (exact) mass is 345 g/mol. The molecule has 25 heavy (non-hydrogen) atoms. The van der Waals surface area contributed by atoms with Crippen molar-refractivity contribution in [1.82, 2.24) is 4.57 Å². The Labute approximate surface area is 149 Å². The van der Waals surface area contributed by atoms with Crippen LogP contribution in [0.15, 0.2) is 99.5 Å². The van der Waals surface area contributed by atoms with Crippen LogP contribution in [-0.4, -0.2) is 9.67 Å². The molecule has 122 valence electrons. The summed E-state index contributed by atoms with van der Waals surface area (Å²) >= 11 is 1.28. The summed E-state index contributed by atoms with van der Waals surface area (Å²) in [7, 11) is 0. The lowest BCUT2D eigenvalue weighted by atomic mass is 10.2. The number of hydrogen-bond donors (Lipinski definition) is 1. The summed E-state index contributed by atoms with van der Waals surface area (Å²) < 4.78 is 1.65. The molecule has 0 aliphatic heterocycles. The molecule has 0 spiro atoms. The molecule has 0 fully saturated rings. The van der Waals surface area contributed by atoms with E-state index < -0.39 is 0 Å². The molecule has 0 aliphatic carbocycles. The predicted molar refractivity (Wildman–Crippen MR) is 102 cm³/mol. The van der Waals surface area contributed by atoms with Crippen LogP contribution in [0.25, 0.3) is 16.6 Å². The largest absolute Gasteiger partial charge is 0.506 e. The van der Waals surface area contributed by atoms with Gasteiger partial charge in [-0.3, -0.25) is 9.36 Å². The van der Waals surface area contributed by atoms with Crippen LogP contribution in [0.3, 0.4) is 0 Å². The molecule has 0 unspecified atom stereocenters. The summed E-state index contributed by atoms with van der Waals surface area (Å²) in [4.78, 5) is 14.4.